The lowest BCUT2D eigenvalue weighted by Gasteiger charge is -2.24. The second-order valence-corrected chi connectivity index (χ2v) is 7.09. The summed E-state index contributed by atoms with van der Waals surface area (Å²) in [4.78, 5) is 1.13. The summed E-state index contributed by atoms with van der Waals surface area (Å²) in [6.45, 7) is 1.79. The van der Waals surface area contributed by atoms with E-state index in [0.717, 1.165) is 14.2 Å². The molecule has 0 radical (unpaired) electrons. The fourth-order valence-electron chi connectivity index (χ4n) is 1.78. The van der Waals surface area contributed by atoms with Crippen molar-refractivity contribution < 1.29 is 5.11 Å². The summed E-state index contributed by atoms with van der Waals surface area (Å²) in [6, 6.07) is 11.4. The molecule has 1 heterocycles. The molecule has 2 aromatic rings. The first-order valence-corrected chi connectivity index (χ1v) is 7.19. The minimum Gasteiger partial charge on any atom is -0.385 e. The van der Waals surface area contributed by atoms with Crippen LogP contribution in [0.2, 0.25) is 5.02 Å². The van der Waals surface area contributed by atoms with E-state index in [2.05, 4.69) is 15.9 Å². The molecule has 0 aliphatic rings. The summed E-state index contributed by atoms with van der Waals surface area (Å²) in [5.74, 6) is 0. The van der Waals surface area contributed by atoms with Gasteiger partial charge in [0.05, 0.1) is 9.39 Å². The van der Waals surface area contributed by atoms with Crippen LogP contribution in [0.3, 0.4) is 0 Å². The van der Waals surface area contributed by atoms with Crippen molar-refractivity contribution in [2.75, 3.05) is 0 Å². The zero-order valence-electron chi connectivity index (χ0n) is 9.28. The Morgan fingerprint density at radius 3 is 2.59 bits per heavy atom. The summed E-state index contributed by atoms with van der Waals surface area (Å²) >= 11 is 11.2. The van der Waals surface area contributed by atoms with Crippen LogP contribution in [-0.4, -0.2) is 5.11 Å². The monoisotopic (exact) mass is 330 g/mol. The van der Waals surface area contributed by atoms with Gasteiger partial charge < -0.3 is 5.11 Å². The largest absolute Gasteiger partial charge is 0.385 e. The van der Waals surface area contributed by atoms with Gasteiger partial charge >= 0.3 is 0 Å². The Morgan fingerprint density at radius 2 is 2.00 bits per heavy atom. The minimum atomic E-state index is -0.942. The molecule has 2 rings (SSSR count). The van der Waals surface area contributed by atoms with Gasteiger partial charge in [-0.1, -0.05) is 29.8 Å². The lowest BCUT2D eigenvalue weighted by molar-refractivity contribution is 0.0586. The molecule has 1 nitrogen and oxygen atoms in total. The van der Waals surface area contributed by atoms with Gasteiger partial charge in [0.25, 0.3) is 0 Å². The zero-order chi connectivity index (χ0) is 12.5. The van der Waals surface area contributed by atoms with Gasteiger partial charge in [-0.05, 0) is 41.1 Å². The van der Waals surface area contributed by atoms with Crippen LogP contribution in [-0.2, 0) is 12.0 Å². The zero-order valence-corrected chi connectivity index (χ0v) is 12.4. The summed E-state index contributed by atoms with van der Waals surface area (Å²) in [7, 11) is 0. The van der Waals surface area contributed by atoms with Crippen LogP contribution in [0.15, 0.2) is 40.2 Å². The Balaban J connectivity index is 2.27. The number of benzene rings is 1. The highest BCUT2D eigenvalue weighted by Crippen LogP contribution is 2.33. The molecule has 0 spiro atoms. The van der Waals surface area contributed by atoms with Gasteiger partial charge in [-0.15, -0.1) is 11.3 Å². The molecule has 1 aromatic carbocycles. The Kier molecular flexibility index (Phi) is 3.93. The standard InChI is InChI=1S/C13H12BrClOS/c1-13(16,8-9-6-7-12(14)17-9)10-4-2-3-5-11(10)15/h2-7,16H,8H2,1H3. The molecule has 90 valence electrons. The quantitative estimate of drug-likeness (QED) is 0.870. The number of aliphatic hydroxyl groups is 1. The van der Waals surface area contributed by atoms with E-state index in [4.69, 9.17) is 11.6 Å². The van der Waals surface area contributed by atoms with Gasteiger partial charge in [0.1, 0.15) is 0 Å². The van der Waals surface area contributed by atoms with Gasteiger partial charge in [0.2, 0.25) is 0 Å². The molecule has 17 heavy (non-hydrogen) atoms. The van der Waals surface area contributed by atoms with Crippen LogP contribution in [0.5, 0.6) is 0 Å². The van der Waals surface area contributed by atoms with Gasteiger partial charge in [-0.2, -0.15) is 0 Å². The van der Waals surface area contributed by atoms with E-state index in [0.29, 0.717) is 11.4 Å². The Morgan fingerprint density at radius 1 is 1.29 bits per heavy atom. The average Bonchev–Trinajstić information content (AvgIpc) is 2.63. The maximum Gasteiger partial charge on any atom is 0.0930 e. The Hall–Kier alpha value is -0.350. The summed E-state index contributed by atoms with van der Waals surface area (Å²) < 4.78 is 1.07. The lowest BCUT2D eigenvalue weighted by Crippen LogP contribution is -2.24. The van der Waals surface area contributed by atoms with Crippen LogP contribution in [0, 0.1) is 0 Å². The first kappa shape index (κ1) is 13.1. The van der Waals surface area contributed by atoms with Gasteiger partial charge in [0, 0.05) is 21.9 Å². The molecule has 0 bridgehead atoms. The van der Waals surface area contributed by atoms with Crippen molar-refractivity contribution in [2.45, 2.75) is 18.9 Å². The summed E-state index contributed by atoms with van der Waals surface area (Å²) in [6.07, 6.45) is 0.562. The second kappa shape index (κ2) is 5.11. The number of rotatable bonds is 3. The van der Waals surface area contributed by atoms with Gasteiger partial charge in [-0.25, -0.2) is 0 Å². The molecule has 0 aliphatic carbocycles. The third-order valence-corrected chi connectivity index (χ3v) is 4.55. The second-order valence-electron chi connectivity index (χ2n) is 4.14. The Bertz CT molecular complexity index is 522. The van der Waals surface area contributed by atoms with Crippen molar-refractivity contribution in [3.05, 3.63) is 55.6 Å². The van der Waals surface area contributed by atoms with E-state index in [1.54, 1.807) is 24.3 Å². The van der Waals surface area contributed by atoms with Gasteiger partial charge in [-0.3, -0.25) is 0 Å². The highest BCUT2D eigenvalue weighted by Gasteiger charge is 2.26. The normalized spacial score (nSPS) is 14.6. The predicted octanol–water partition coefficient (Wildman–Crippen LogP) is 4.61. The Labute approximate surface area is 118 Å². The molecule has 1 N–H and O–H groups in total. The van der Waals surface area contributed by atoms with Crippen LogP contribution in [0.4, 0.5) is 0 Å². The smallest absolute Gasteiger partial charge is 0.0930 e. The summed E-state index contributed by atoms with van der Waals surface area (Å²) in [5, 5.41) is 11.1. The van der Waals surface area contributed by atoms with Gasteiger partial charge in [0.15, 0.2) is 0 Å². The van der Waals surface area contributed by atoms with Crippen LogP contribution < -0.4 is 0 Å². The van der Waals surface area contributed by atoms with E-state index >= 15 is 0 Å². The molecular formula is C13H12BrClOS. The molecule has 1 aromatic heterocycles. The molecular weight excluding hydrogens is 320 g/mol. The number of hydrogen-bond donors (Lipinski definition) is 1. The fourth-order valence-corrected chi connectivity index (χ4v) is 3.75. The van der Waals surface area contributed by atoms with Crippen molar-refractivity contribution in [1.29, 1.82) is 0 Å². The lowest BCUT2D eigenvalue weighted by atomic mass is 9.92. The first-order valence-electron chi connectivity index (χ1n) is 5.20. The highest BCUT2D eigenvalue weighted by molar-refractivity contribution is 9.11. The first-order chi connectivity index (χ1) is 7.99. The van der Waals surface area contributed by atoms with Crippen molar-refractivity contribution in [1.82, 2.24) is 0 Å². The maximum absolute atomic E-state index is 10.5. The third kappa shape index (κ3) is 3.10. The van der Waals surface area contributed by atoms with Crippen molar-refractivity contribution in [3.63, 3.8) is 0 Å². The SMILES string of the molecule is CC(O)(Cc1ccc(Br)s1)c1ccccc1Cl. The molecule has 1 unspecified atom stereocenters. The number of hydrogen-bond acceptors (Lipinski definition) is 2. The van der Waals surface area contributed by atoms with E-state index in [9.17, 15) is 5.11 Å². The van der Waals surface area contributed by atoms with Crippen LogP contribution in [0.1, 0.15) is 17.4 Å². The van der Waals surface area contributed by atoms with E-state index in [-0.39, 0.29) is 0 Å². The van der Waals surface area contributed by atoms with Crippen LogP contribution in [0.25, 0.3) is 0 Å². The number of halogens is 2. The average molecular weight is 332 g/mol. The highest BCUT2D eigenvalue weighted by atomic mass is 79.9. The topological polar surface area (TPSA) is 20.2 Å². The molecule has 0 saturated carbocycles. The molecule has 0 aliphatic heterocycles. The van der Waals surface area contributed by atoms with Crippen molar-refractivity contribution in [3.8, 4) is 0 Å². The number of thiophene rings is 1. The summed E-state index contributed by atoms with van der Waals surface area (Å²) in [5.41, 5.74) is -0.172. The molecule has 1 atom stereocenters. The van der Waals surface area contributed by atoms with Crippen molar-refractivity contribution in [2.24, 2.45) is 0 Å². The van der Waals surface area contributed by atoms with Crippen LogP contribution >= 0.6 is 38.9 Å². The predicted molar refractivity (Wildman–Crippen MR) is 76.7 cm³/mol. The molecule has 4 heteroatoms. The molecule has 0 fully saturated rings. The van der Waals surface area contributed by atoms with E-state index < -0.39 is 5.60 Å². The van der Waals surface area contributed by atoms with E-state index in [1.807, 2.05) is 30.3 Å². The van der Waals surface area contributed by atoms with E-state index in [1.165, 1.54) is 0 Å². The fraction of sp³-hybridized carbons (Fsp3) is 0.231. The molecule has 0 amide bonds. The minimum absolute atomic E-state index is 0.562. The molecule has 0 saturated heterocycles. The third-order valence-electron chi connectivity index (χ3n) is 2.60. The maximum atomic E-state index is 10.5. The van der Waals surface area contributed by atoms with Crippen molar-refractivity contribution >= 4 is 38.9 Å².